The number of hydrogen-bond acceptors (Lipinski definition) is 8. The molecular weight excluding hydrogens is 234 g/mol. The van der Waals surface area contributed by atoms with E-state index in [1.54, 1.807) is 6.20 Å². The number of anilines is 2. The van der Waals surface area contributed by atoms with Crippen LogP contribution in [0.2, 0.25) is 0 Å². The zero-order valence-corrected chi connectivity index (χ0v) is 9.79. The predicted octanol–water partition coefficient (Wildman–Crippen LogP) is 0.173. The van der Waals surface area contributed by atoms with Crippen LogP contribution in [0.25, 0.3) is 0 Å². The van der Waals surface area contributed by atoms with E-state index in [0.717, 1.165) is 5.69 Å². The normalized spacial score (nSPS) is 9.89. The Balaban J connectivity index is 2.09. The number of hydrazine groups is 1. The fourth-order valence-electron chi connectivity index (χ4n) is 1.26. The summed E-state index contributed by atoms with van der Waals surface area (Å²) < 4.78 is 4.94. The second-order valence-corrected chi connectivity index (χ2v) is 3.29. The SMILES string of the molecule is COc1nc(NN)nc(NCc2ccccn2)n1. The second-order valence-electron chi connectivity index (χ2n) is 3.29. The highest BCUT2D eigenvalue weighted by molar-refractivity contribution is 5.35. The van der Waals surface area contributed by atoms with Gasteiger partial charge < -0.3 is 10.1 Å². The van der Waals surface area contributed by atoms with Gasteiger partial charge in [0.05, 0.1) is 19.3 Å². The number of nitrogens with two attached hydrogens (primary N) is 1. The molecule has 18 heavy (non-hydrogen) atoms. The maximum Gasteiger partial charge on any atom is 0.322 e. The first kappa shape index (κ1) is 12.0. The number of nitrogens with zero attached hydrogens (tertiary/aromatic N) is 4. The lowest BCUT2D eigenvalue weighted by molar-refractivity contribution is 0.379. The number of ether oxygens (including phenoxy) is 1. The quantitative estimate of drug-likeness (QED) is 0.506. The lowest BCUT2D eigenvalue weighted by atomic mass is 10.3. The van der Waals surface area contributed by atoms with Crippen molar-refractivity contribution in [1.29, 1.82) is 0 Å². The van der Waals surface area contributed by atoms with Crippen LogP contribution in [-0.4, -0.2) is 27.0 Å². The Hall–Kier alpha value is -2.48. The van der Waals surface area contributed by atoms with Gasteiger partial charge in [-0.05, 0) is 12.1 Å². The number of hydrogen-bond donors (Lipinski definition) is 3. The van der Waals surface area contributed by atoms with E-state index in [0.29, 0.717) is 12.5 Å². The van der Waals surface area contributed by atoms with E-state index >= 15 is 0 Å². The minimum absolute atomic E-state index is 0.182. The molecular formula is C10H13N7O. The van der Waals surface area contributed by atoms with Crippen LogP contribution < -0.4 is 21.3 Å². The van der Waals surface area contributed by atoms with E-state index in [-0.39, 0.29) is 12.0 Å². The Morgan fingerprint density at radius 2 is 2.06 bits per heavy atom. The molecule has 0 radical (unpaired) electrons. The Bertz CT molecular complexity index is 483. The summed E-state index contributed by atoms with van der Waals surface area (Å²) in [5.74, 6) is 5.84. The smallest absolute Gasteiger partial charge is 0.322 e. The maximum atomic E-state index is 5.25. The third-order valence-corrected chi connectivity index (χ3v) is 2.08. The Kier molecular flexibility index (Phi) is 3.82. The molecule has 8 heteroatoms. The minimum Gasteiger partial charge on any atom is -0.467 e. The van der Waals surface area contributed by atoms with Crippen molar-refractivity contribution in [2.24, 2.45) is 5.84 Å². The van der Waals surface area contributed by atoms with Gasteiger partial charge in [-0.1, -0.05) is 6.07 Å². The topological polar surface area (TPSA) is 111 Å². The predicted molar refractivity (Wildman–Crippen MR) is 65.8 cm³/mol. The molecule has 8 nitrogen and oxygen atoms in total. The molecule has 0 aliphatic heterocycles. The summed E-state index contributed by atoms with van der Waals surface area (Å²) in [7, 11) is 1.47. The van der Waals surface area contributed by atoms with E-state index < -0.39 is 0 Å². The van der Waals surface area contributed by atoms with E-state index in [9.17, 15) is 0 Å². The highest BCUT2D eigenvalue weighted by atomic mass is 16.5. The van der Waals surface area contributed by atoms with Gasteiger partial charge >= 0.3 is 6.01 Å². The molecule has 0 saturated heterocycles. The summed E-state index contributed by atoms with van der Waals surface area (Å²) in [6.45, 7) is 0.498. The average molecular weight is 247 g/mol. The number of methoxy groups -OCH3 is 1. The van der Waals surface area contributed by atoms with Crippen molar-refractivity contribution < 1.29 is 4.74 Å². The second kappa shape index (κ2) is 5.73. The third kappa shape index (κ3) is 3.01. The molecule has 2 aromatic rings. The number of aromatic nitrogens is 4. The molecule has 0 amide bonds. The molecule has 0 saturated carbocycles. The Morgan fingerprint density at radius 1 is 1.22 bits per heavy atom. The fourth-order valence-corrected chi connectivity index (χ4v) is 1.26. The van der Waals surface area contributed by atoms with Crippen LogP contribution in [0.3, 0.4) is 0 Å². The maximum absolute atomic E-state index is 5.25. The molecule has 0 aliphatic carbocycles. The molecule has 2 aromatic heterocycles. The van der Waals surface area contributed by atoms with Gasteiger partial charge in [-0.25, -0.2) is 5.84 Å². The zero-order chi connectivity index (χ0) is 12.8. The highest BCUT2D eigenvalue weighted by Crippen LogP contribution is 2.10. The summed E-state index contributed by atoms with van der Waals surface area (Å²) >= 11 is 0. The minimum atomic E-state index is 0.182. The van der Waals surface area contributed by atoms with Gasteiger partial charge in [-0.2, -0.15) is 15.0 Å². The van der Waals surface area contributed by atoms with Gasteiger partial charge in [-0.3, -0.25) is 10.4 Å². The molecule has 2 heterocycles. The molecule has 0 fully saturated rings. The van der Waals surface area contributed by atoms with Crippen LogP contribution in [0.4, 0.5) is 11.9 Å². The number of pyridine rings is 1. The van der Waals surface area contributed by atoms with E-state index in [4.69, 9.17) is 10.6 Å². The molecule has 0 bridgehead atoms. The van der Waals surface area contributed by atoms with Crippen molar-refractivity contribution in [3.05, 3.63) is 30.1 Å². The van der Waals surface area contributed by atoms with Crippen molar-refractivity contribution in [3.63, 3.8) is 0 Å². The summed E-state index contributed by atoms with van der Waals surface area (Å²) in [5.41, 5.74) is 3.22. The molecule has 0 unspecified atom stereocenters. The molecule has 94 valence electrons. The first-order valence-electron chi connectivity index (χ1n) is 5.22. The van der Waals surface area contributed by atoms with Crippen LogP contribution in [-0.2, 0) is 6.54 Å². The van der Waals surface area contributed by atoms with E-state index in [1.807, 2.05) is 18.2 Å². The zero-order valence-electron chi connectivity index (χ0n) is 9.79. The standard InChI is InChI=1S/C10H13N7O/c1-18-10-15-8(14-9(16-10)17-11)13-6-7-4-2-3-5-12-7/h2-5H,6,11H2,1H3,(H2,13,14,15,16,17). The fraction of sp³-hybridized carbons (Fsp3) is 0.200. The van der Waals surface area contributed by atoms with Crippen molar-refractivity contribution >= 4 is 11.9 Å². The molecule has 0 aromatic carbocycles. The van der Waals surface area contributed by atoms with Crippen LogP contribution in [0, 0.1) is 0 Å². The number of rotatable bonds is 5. The van der Waals surface area contributed by atoms with Crippen LogP contribution in [0.5, 0.6) is 6.01 Å². The van der Waals surface area contributed by atoms with Crippen molar-refractivity contribution in [1.82, 2.24) is 19.9 Å². The average Bonchev–Trinajstić information content (AvgIpc) is 2.45. The summed E-state index contributed by atoms with van der Waals surface area (Å²) in [6, 6.07) is 5.84. The molecule has 0 aliphatic rings. The first-order chi connectivity index (χ1) is 8.81. The highest BCUT2D eigenvalue weighted by Gasteiger charge is 2.05. The lowest BCUT2D eigenvalue weighted by Gasteiger charge is -2.07. The van der Waals surface area contributed by atoms with E-state index in [1.165, 1.54) is 7.11 Å². The van der Waals surface area contributed by atoms with Crippen LogP contribution in [0.15, 0.2) is 24.4 Å². The van der Waals surface area contributed by atoms with Gasteiger partial charge in [0.2, 0.25) is 11.9 Å². The van der Waals surface area contributed by atoms with E-state index in [2.05, 4.69) is 30.7 Å². The van der Waals surface area contributed by atoms with Gasteiger partial charge in [-0.15, -0.1) is 0 Å². The molecule has 4 N–H and O–H groups in total. The Morgan fingerprint density at radius 3 is 2.72 bits per heavy atom. The molecule has 2 rings (SSSR count). The van der Waals surface area contributed by atoms with Crippen molar-refractivity contribution in [2.75, 3.05) is 17.9 Å². The summed E-state index contributed by atoms with van der Waals surface area (Å²) in [4.78, 5) is 16.1. The van der Waals surface area contributed by atoms with Crippen LogP contribution in [0.1, 0.15) is 5.69 Å². The summed E-state index contributed by atoms with van der Waals surface area (Å²) in [6.07, 6.45) is 1.72. The number of nitrogens with one attached hydrogen (secondary N) is 2. The Labute approximate surface area is 104 Å². The van der Waals surface area contributed by atoms with Gasteiger partial charge in [0.25, 0.3) is 0 Å². The monoisotopic (exact) mass is 247 g/mol. The lowest BCUT2D eigenvalue weighted by Crippen LogP contribution is -2.14. The van der Waals surface area contributed by atoms with Gasteiger partial charge in [0.15, 0.2) is 0 Å². The molecule has 0 atom stereocenters. The van der Waals surface area contributed by atoms with Crippen molar-refractivity contribution in [2.45, 2.75) is 6.54 Å². The van der Waals surface area contributed by atoms with Gasteiger partial charge in [0.1, 0.15) is 0 Å². The van der Waals surface area contributed by atoms with Crippen LogP contribution >= 0.6 is 0 Å². The first-order valence-corrected chi connectivity index (χ1v) is 5.22. The third-order valence-electron chi connectivity index (χ3n) is 2.08. The number of nitrogen functional groups attached to an aromatic ring is 1. The van der Waals surface area contributed by atoms with Crippen molar-refractivity contribution in [3.8, 4) is 6.01 Å². The van der Waals surface area contributed by atoms with Gasteiger partial charge in [0, 0.05) is 6.20 Å². The summed E-state index contributed by atoms with van der Waals surface area (Å²) in [5, 5.41) is 3.01. The molecule has 0 spiro atoms. The largest absolute Gasteiger partial charge is 0.467 e.